The quantitative estimate of drug-likeness (QED) is 0.217. The molecule has 0 atom stereocenters. The number of urea groups is 1. The summed E-state index contributed by atoms with van der Waals surface area (Å²) in [4.78, 5) is 38.9. The van der Waals surface area contributed by atoms with Crippen LogP contribution in [0.15, 0.2) is 66.2 Å². The van der Waals surface area contributed by atoms with Gasteiger partial charge in [-0.2, -0.15) is 0 Å². The first kappa shape index (κ1) is 24.3. The molecule has 0 spiro atoms. The highest BCUT2D eigenvalue weighted by Gasteiger charge is 2.36. The van der Waals surface area contributed by atoms with E-state index in [0.717, 1.165) is 17.6 Å². The number of amides is 4. The van der Waals surface area contributed by atoms with Crippen LogP contribution < -0.4 is 15.0 Å². The first-order valence-corrected chi connectivity index (χ1v) is 12.2. The van der Waals surface area contributed by atoms with E-state index in [4.69, 9.17) is 4.74 Å². The van der Waals surface area contributed by atoms with Gasteiger partial charge in [0.1, 0.15) is 23.7 Å². The molecule has 0 unspecified atom stereocenters. The van der Waals surface area contributed by atoms with E-state index in [1.54, 1.807) is 48.5 Å². The summed E-state index contributed by atoms with van der Waals surface area (Å²) in [6.07, 6.45) is 1.45. The fraction of sp³-hybridized carbons (Fsp3) is 0.0800. The predicted molar refractivity (Wildman–Crippen MR) is 143 cm³/mol. The zero-order chi connectivity index (χ0) is 24.4. The van der Waals surface area contributed by atoms with E-state index in [2.05, 4.69) is 50.5 Å². The monoisotopic (exact) mass is 682 g/mol. The molecule has 6 nitrogen and oxygen atoms in total. The lowest BCUT2D eigenvalue weighted by atomic mass is 10.1. The van der Waals surface area contributed by atoms with E-state index < -0.39 is 17.8 Å². The van der Waals surface area contributed by atoms with Crippen LogP contribution in [-0.2, 0) is 16.2 Å². The van der Waals surface area contributed by atoms with Crippen LogP contribution in [0, 0.1) is 19.9 Å². The minimum absolute atomic E-state index is 0.153. The molecule has 1 fully saturated rings. The van der Waals surface area contributed by atoms with Crippen LogP contribution in [0.5, 0.6) is 5.75 Å². The molecule has 0 bridgehead atoms. The number of nitrogens with one attached hydrogen (secondary N) is 1. The van der Waals surface area contributed by atoms with Crippen LogP contribution in [0.1, 0.15) is 16.7 Å². The van der Waals surface area contributed by atoms with Crippen molar-refractivity contribution in [2.45, 2.75) is 13.5 Å². The smallest absolute Gasteiger partial charge is 0.335 e. The van der Waals surface area contributed by atoms with Crippen molar-refractivity contribution in [3.63, 3.8) is 0 Å². The molecule has 1 saturated heterocycles. The van der Waals surface area contributed by atoms with Gasteiger partial charge in [-0.15, -0.1) is 0 Å². The van der Waals surface area contributed by atoms with Gasteiger partial charge in [0, 0.05) is 0 Å². The van der Waals surface area contributed by atoms with Gasteiger partial charge in [-0.1, -0.05) is 29.8 Å². The second kappa shape index (κ2) is 10.2. The molecule has 9 heteroatoms. The van der Waals surface area contributed by atoms with Gasteiger partial charge in [-0.05, 0) is 106 Å². The fourth-order valence-corrected chi connectivity index (χ4v) is 5.46. The lowest BCUT2D eigenvalue weighted by molar-refractivity contribution is -0.122. The highest BCUT2D eigenvalue weighted by molar-refractivity contribution is 14.1. The van der Waals surface area contributed by atoms with Crippen molar-refractivity contribution in [3.8, 4) is 5.75 Å². The SMILES string of the molecule is Cc1ccc(N2C(=O)NC(=O)/C(=C\c3cc(I)c(OCc4cccc(F)c4)c(I)c3)C2=O)cc1. The highest BCUT2D eigenvalue weighted by Crippen LogP contribution is 2.31. The second-order valence-corrected chi connectivity index (χ2v) is 9.85. The molecular weight excluding hydrogens is 665 g/mol. The number of aryl methyl sites for hydroxylation is 1. The van der Waals surface area contributed by atoms with Crippen molar-refractivity contribution in [2.75, 3.05) is 4.90 Å². The molecule has 1 N–H and O–H groups in total. The van der Waals surface area contributed by atoms with Crippen molar-refractivity contribution < 1.29 is 23.5 Å². The summed E-state index contributed by atoms with van der Waals surface area (Å²) >= 11 is 4.20. The standard InChI is InChI=1S/C25H17FI2N2O4/c1-14-5-7-18(8-6-14)30-24(32)19(23(31)29-25(30)33)10-16-11-20(27)22(21(28)12-16)34-13-15-3-2-4-17(26)9-15/h2-12H,13H2,1H3,(H,29,31,33)/b19-10+. The number of hydrogen-bond donors (Lipinski definition) is 1. The van der Waals surface area contributed by atoms with Crippen LogP contribution in [0.2, 0.25) is 0 Å². The maximum atomic E-state index is 13.4. The zero-order valence-electron chi connectivity index (χ0n) is 17.8. The number of anilines is 1. The number of benzene rings is 3. The largest absolute Gasteiger partial charge is 0.487 e. The molecule has 0 aromatic heterocycles. The molecule has 4 rings (SSSR count). The number of ether oxygens (including phenoxy) is 1. The van der Waals surface area contributed by atoms with Crippen molar-refractivity contribution >= 4 is 74.8 Å². The first-order chi connectivity index (χ1) is 16.2. The molecule has 1 aliphatic rings. The van der Waals surface area contributed by atoms with Gasteiger partial charge >= 0.3 is 6.03 Å². The van der Waals surface area contributed by atoms with Crippen molar-refractivity contribution in [3.05, 3.63) is 95.9 Å². The van der Waals surface area contributed by atoms with Crippen LogP contribution in [0.4, 0.5) is 14.9 Å². The second-order valence-electron chi connectivity index (χ2n) is 7.53. The Labute approximate surface area is 222 Å². The molecule has 1 heterocycles. The van der Waals surface area contributed by atoms with E-state index in [1.165, 1.54) is 18.2 Å². The van der Waals surface area contributed by atoms with Crippen molar-refractivity contribution in [1.29, 1.82) is 0 Å². The molecule has 3 aromatic rings. The Morgan fingerprint density at radius 1 is 1.00 bits per heavy atom. The number of carbonyl (C=O) groups is 3. The molecule has 0 aliphatic carbocycles. The highest BCUT2D eigenvalue weighted by atomic mass is 127. The van der Waals surface area contributed by atoms with E-state index in [9.17, 15) is 18.8 Å². The average Bonchev–Trinajstić information content (AvgIpc) is 2.77. The summed E-state index contributed by atoms with van der Waals surface area (Å²) in [6.45, 7) is 2.09. The van der Waals surface area contributed by atoms with Gasteiger partial charge in [0.15, 0.2) is 0 Å². The van der Waals surface area contributed by atoms with Crippen LogP contribution in [-0.4, -0.2) is 17.8 Å². The zero-order valence-corrected chi connectivity index (χ0v) is 22.1. The number of rotatable bonds is 5. The molecule has 0 saturated carbocycles. The normalized spacial score (nSPS) is 15.0. The maximum absolute atomic E-state index is 13.4. The molecule has 34 heavy (non-hydrogen) atoms. The summed E-state index contributed by atoms with van der Waals surface area (Å²) in [5, 5.41) is 2.23. The lowest BCUT2D eigenvalue weighted by Gasteiger charge is -2.26. The summed E-state index contributed by atoms with van der Waals surface area (Å²) in [7, 11) is 0. The molecule has 1 aliphatic heterocycles. The third-order valence-corrected chi connectivity index (χ3v) is 6.60. The van der Waals surface area contributed by atoms with Crippen LogP contribution in [0.25, 0.3) is 6.08 Å². The number of imide groups is 2. The van der Waals surface area contributed by atoms with Gasteiger partial charge in [-0.25, -0.2) is 14.1 Å². The van der Waals surface area contributed by atoms with Gasteiger partial charge in [-0.3, -0.25) is 14.9 Å². The predicted octanol–water partition coefficient (Wildman–Crippen LogP) is 5.59. The lowest BCUT2D eigenvalue weighted by Crippen LogP contribution is -2.54. The summed E-state index contributed by atoms with van der Waals surface area (Å²) in [5.41, 5.74) is 2.49. The summed E-state index contributed by atoms with van der Waals surface area (Å²) < 4.78 is 20.8. The Bertz CT molecular complexity index is 1320. The summed E-state index contributed by atoms with van der Waals surface area (Å²) in [5.74, 6) is -1.17. The summed E-state index contributed by atoms with van der Waals surface area (Å²) in [6, 6.07) is 15.8. The first-order valence-electron chi connectivity index (χ1n) is 10.1. The minimum Gasteiger partial charge on any atom is -0.487 e. The Kier molecular flexibility index (Phi) is 7.31. The van der Waals surface area contributed by atoms with Crippen LogP contribution >= 0.6 is 45.2 Å². The van der Waals surface area contributed by atoms with E-state index in [1.807, 2.05) is 6.92 Å². The number of hydrogen-bond acceptors (Lipinski definition) is 4. The Morgan fingerprint density at radius 3 is 2.32 bits per heavy atom. The average molecular weight is 682 g/mol. The van der Waals surface area contributed by atoms with Crippen molar-refractivity contribution in [2.24, 2.45) is 0 Å². The minimum atomic E-state index is -0.790. The Morgan fingerprint density at radius 2 is 1.68 bits per heavy atom. The fourth-order valence-electron chi connectivity index (χ4n) is 3.34. The number of halogens is 3. The molecular formula is C25H17FI2N2O4. The van der Waals surface area contributed by atoms with E-state index in [-0.39, 0.29) is 18.0 Å². The molecule has 172 valence electrons. The molecule has 3 aromatic carbocycles. The van der Waals surface area contributed by atoms with Gasteiger partial charge in [0.2, 0.25) is 0 Å². The number of nitrogens with zero attached hydrogens (tertiary/aromatic N) is 1. The van der Waals surface area contributed by atoms with Crippen LogP contribution in [0.3, 0.4) is 0 Å². The van der Waals surface area contributed by atoms with Gasteiger partial charge in [0.25, 0.3) is 11.8 Å². The van der Waals surface area contributed by atoms with E-state index >= 15 is 0 Å². The Hall–Kier alpha value is -2.80. The number of carbonyl (C=O) groups excluding carboxylic acids is 3. The molecule has 0 radical (unpaired) electrons. The third-order valence-electron chi connectivity index (χ3n) is 5.00. The Balaban J connectivity index is 1.60. The van der Waals surface area contributed by atoms with E-state index in [0.29, 0.717) is 22.6 Å². The van der Waals surface area contributed by atoms with Crippen molar-refractivity contribution in [1.82, 2.24) is 5.32 Å². The number of barbiturate groups is 1. The third kappa shape index (κ3) is 5.30. The molecule has 4 amide bonds. The van der Waals surface area contributed by atoms with Gasteiger partial charge in [0.05, 0.1) is 12.8 Å². The van der Waals surface area contributed by atoms with Gasteiger partial charge < -0.3 is 4.74 Å². The topological polar surface area (TPSA) is 75.7 Å². The maximum Gasteiger partial charge on any atom is 0.335 e.